The lowest BCUT2D eigenvalue weighted by Gasteiger charge is -2.18. The van der Waals surface area contributed by atoms with Gasteiger partial charge in [-0.15, -0.1) is 6.42 Å². The van der Waals surface area contributed by atoms with Gasteiger partial charge in [-0.3, -0.25) is 0 Å². The first kappa shape index (κ1) is 15.4. The molecular formula is C11H22N2O2S. The summed E-state index contributed by atoms with van der Waals surface area (Å²) in [6, 6.07) is 0. The maximum Gasteiger partial charge on any atom is 0.214 e. The van der Waals surface area contributed by atoms with E-state index in [9.17, 15) is 8.42 Å². The van der Waals surface area contributed by atoms with Gasteiger partial charge in [0, 0.05) is 6.54 Å². The fraction of sp³-hybridized carbons (Fsp3) is 0.818. The fourth-order valence-electron chi connectivity index (χ4n) is 1.38. The zero-order chi connectivity index (χ0) is 12.4. The maximum atomic E-state index is 11.9. The quantitative estimate of drug-likeness (QED) is 0.480. The minimum atomic E-state index is -3.16. The van der Waals surface area contributed by atoms with Crippen LogP contribution in [0.5, 0.6) is 0 Å². The third-order valence-electron chi connectivity index (χ3n) is 2.21. The van der Waals surface area contributed by atoms with Gasteiger partial charge in [0.1, 0.15) is 0 Å². The van der Waals surface area contributed by atoms with Crippen LogP contribution in [0.25, 0.3) is 0 Å². The Balaban J connectivity index is 4.20. The summed E-state index contributed by atoms with van der Waals surface area (Å²) in [4.78, 5) is 0. The Hall–Kier alpha value is -0.570. The van der Waals surface area contributed by atoms with E-state index in [1.54, 1.807) is 0 Å². The zero-order valence-electron chi connectivity index (χ0n) is 10.2. The molecule has 0 aliphatic heterocycles. The van der Waals surface area contributed by atoms with Crippen molar-refractivity contribution in [2.45, 2.75) is 26.2 Å². The molecule has 5 heteroatoms. The molecule has 0 rings (SSSR count). The molecule has 0 unspecified atom stereocenters. The molecule has 1 N–H and O–H groups in total. The van der Waals surface area contributed by atoms with Gasteiger partial charge in [0.25, 0.3) is 0 Å². The third kappa shape index (κ3) is 6.11. The molecule has 0 fully saturated rings. The first-order valence-electron chi connectivity index (χ1n) is 5.64. The van der Waals surface area contributed by atoms with Crippen LogP contribution in [-0.2, 0) is 10.0 Å². The van der Waals surface area contributed by atoms with Crippen LogP contribution in [0.4, 0.5) is 0 Å². The number of unbranched alkanes of at least 4 members (excludes halogenated alkanes) is 1. The average molecular weight is 246 g/mol. The Kier molecular flexibility index (Phi) is 8.26. The Morgan fingerprint density at radius 3 is 2.56 bits per heavy atom. The Morgan fingerprint density at radius 2 is 2.06 bits per heavy atom. The lowest BCUT2D eigenvalue weighted by molar-refractivity contribution is 0.444. The van der Waals surface area contributed by atoms with Crippen LogP contribution in [0, 0.1) is 12.3 Å². The van der Waals surface area contributed by atoms with Gasteiger partial charge in [-0.2, -0.15) is 4.31 Å². The number of sulfonamides is 1. The topological polar surface area (TPSA) is 49.4 Å². The summed E-state index contributed by atoms with van der Waals surface area (Å²) in [6.45, 7) is 3.49. The van der Waals surface area contributed by atoms with E-state index in [2.05, 4.69) is 11.2 Å². The van der Waals surface area contributed by atoms with Crippen LogP contribution in [0.3, 0.4) is 0 Å². The van der Waals surface area contributed by atoms with E-state index < -0.39 is 10.0 Å². The first-order valence-corrected chi connectivity index (χ1v) is 7.25. The van der Waals surface area contributed by atoms with E-state index in [-0.39, 0.29) is 12.3 Å². The molecule has 4 nitrogen and oxygen atoms in total. The van der Waals surface area contributed by atoms with Crippen molar-refractivity contribution in [2.75, 3.05) is 32.4 Å². The second-order valence-corrected chi connectivity index (χ2v) is 5.75. The molecule has 0 aliphatic carbocycles. The van der Waals surface area contributed by atoms with E-state index in [4.69, 9.17) is 6.42 Å². The van der Waals surface area contributed by atoms with Crippen LogP contribution in [0.2, 0.25) is 0 Å². The molecule has 0 aromatic heterocycles. The lowest BCUT2D eigenvalue weighted by Crippen LogP contribution is -2.34. The van der Waals surface area contributed by atoms with Crippen LogP contribution < -0.4 is 5.32 Å². The molecular weight excluding hydrogens is 224 g/mol. The number of nitrogens with zero attached hydrogens (tertiary/aromatic N) is 1. The average Bonchev–Trinajstić information content (AvgIpc) is 2.24. The van der Waals surface area contributed by atoms with Crippen LogP contribution in [0.15, 0.2) is 0 Å². The summed E-state index contributed by atoms with van der Waals surface area (Å²) < 4.78 is 25.2. The van der Waals surface area contributed by atoms with Gasteiger partial charge in [0.2, 0.25) is 10.0 Å². The number of terminal acetylenes is 1. The standard InChI is InChI=1S/C11H22N2O2S/c1-4-9-13(10-5-2)16(14,15)11-7-6-8-12-3/h1,12H,5-11H2,2-3H3. The van der Waals surface area contributed by atoms with Gasteiger partial charge in [-0.1, -0.05) is 12.8 Å². The summed E-state index contributed by atoms with van der Waals surface area (Å²) in [5.41, 5.74) is 0. The molecule has 0 saturated carbocycles. The van der Waals surface area contributed by atoms with Crippen LogP contribution in [-0.4, -0.2) is 45.2 Å². The Labute approximate surface area is 99.5 Å². The van der Waals surface area contributed by atoms with Crippen molar-refractivity contribution in [1.82, 2.24) is 9.62 Å². The lowest BCUT2D eigenvalue weighted by atomic mass is 10.3. The first-order chi connectivity index (χ1) is 7.58. The van der Waals surface area contributed by atoms with Crippen LogP contribution in [0.1, 0.15) is 26.2 Å². The summed E-state index contributed by atoms with van der Waals surface area (Å²) in [6.07, 6.45) is 7.50. The second kappa shape index (κ2) is 8.57. The maximum absolute atomic E-state index is 11.9. The van der Waals surface area contributed by atoms with Crippen molar-refractivity contribution in [3.05, 3.63) is 0 Å². The molecule has 0 bridgehead atoms. The third-order valence-corrected chi connectivity index (χ3v) is 4.12. The molecule has 0 aromatic rings. The van der Waals surface area contributed by atoms with Crippen LogP contribution >= 0.6 is 0 Å². The van der Waals surface area contributed by atoms with Gasteiger partial charge in [-0.25, -0.2) is 8.42 Å². The monoisotopic (exact) mass is 246 g/mol. The van der Waals surface area contributed by atoms with E-state index in [1.165, 1.54) is 4.31 Å². The predicted molar refractivity (Wildman–Crippen MR) is 67.6 cm³/mol. The van der Waals surface area contributed by atoms with E-state index in [0.717, 1.165) is 19.4 Å². The number of rotatable bonds is 9. The number of hydrogen-bond donors (Lipinski definition) is 1. The SMILES string of the molecule is C#CCN(CCC)S(=O)(=O)CCCCNC. The summed E-state index contributed by atoms with van der Waals surface area (Å²) in [5.74, 6) is 2.59. The van der Waals surface area contributed by atoms with E-state index in [0.29, 0.717) is 13.0 Å². The minimum absolute atomic E-state index is 0.183. The molecule has 0 aromatic carbocycles. The molecule has 0 atom stereocenters. The largest absolute Gasteiger partial charge is 0.320 e. The van der Waals surface area contributed by atoms with E-state index >= 15 is 0 Å². The summed E-state index contributed by atoms with van der Waals surface area (Å²) in [7, 11) is -1.31. The zero-order valence-corrected chi connectivity index (χ0v) is 11.0. The molecule has 0 radical (unpaired) electrons. The van der Waals surface area contributed by atoms with Gasteiger partial charge in [-0.05, 0) is 32.9 Å². The second-order valence-electron chi connectivity index (χ2n) is 3.66. The van der Waals surface area contributed by atoms with E-state index in [1.807, 2.05) is 14.0 Å². The fourth-order valence-corrected chi connectivity index (χ4v) is 2.94. The molecule has 0 aliphatic rings. The number of nitrogens with one attached hydrogen (secondary N) is 1. The smallest absolute Gasteiger partial charge is 0.214 e. The van der Waals surface area contributed by atoms with Crippen molar-refractivity contribution in [3.8, 4) is 12.3 Å². The summed E-state index contributed by atoms with van der Waals surface area (Å²) in [5, 5.41) is 2.99. The molecule has 0 saturated heterocycles. The van der Waals surface area contributed by atoms with Crippen molar-refractivity contribution in [3.63, 3.8) is 0 Å². The Bertz CT molecular complexity index is 306. The van der Waals surface area contributed by atoms with Crippen molar-refractivity contribution >= 4 is 10.0 Å². The van der Waals surface area contributed by atoms with Crippen molar-refractivity contribution < 1.29 is 8.42 Å². The minimum Gasteiger partial charge on any atom is -0.320 e. The van der Waals surface area contributed by atoms with Gasteiger partial charge in [0.05, 0.1) is 12.3 Å². The highest BCUT2D eigenvalue weighted by Gasteiger charge is 2.19. The molecule has 0 heterocycles. The molecule has 0 amide bonds. The molecule has 16 heavy (non-hydrogen) atoms. The van der Waals surface area contributed by atoms with Crippen molar-refractivity contribution in [2.24, 2.45) is 0 Å². The van der Waals surface area contributed by atoms with Crippen molar-refractivity contribution in [1.29, 1.82) is 0 Å². The highest BCUT2D eigenvalue weighted by atomic mass is 32.2. The van der Waals surface area contributed by atoms with Gasteiger partial charge >= 0.3 is 0 Å². The Morgan fingerprint density at radius 1 is 1.38 bits per heavy atom. The highest BCUT2D eigenvalue weighted by Crippen LogP contribution is 2.05. The summed E-state index contributed by atoms with van der Waals surface area (Å²) >= 11 is 0. The number of hydrogen-bond acceptors (Lipinski definition) is 3. The predicted octanol–water partition coefficient (Wildman–Crippen LogP) is 0.661. The van der Waals surface area contributed by atoms with Gasteiger partial charge < -0.3 is 5.32 Å². The van der Waals surface area contributed by atoms with Gasteiger partial charge in [0.15, 0.2) is 0 Å². The molecule has 94 valence electrons. The highest BCUT2D eigenvalue weighted by molar-refractivity contribution is 7.89. The molecule has 0 spiro atoms. The normalized spacial score (nSPS) is 11.6.